The fourth-order valence-corrected chi connectivity index (χ4v) is 2.61. The Morgan fingerprint density at radius 2 is 1.82 bits per heavy atom. The Kier molecular flexibility index (Phi) is 4.95. The van der Waals surface area contributed by atoms with Gasteiger partial charge in [-0.05, 0) is 31.9 Å². The number of carbonyl (C=O) groups excluding carboxylic acids is 2. The topological polar surface area (TPSA) is 72.6 Å². The Hall–Kier alpha value is -2.18. The van der Waals surface area contributed by atoms with Gasteiger partial charge in [-0.2, -0.15) is 0 Å². The molecule has 2 N–H and O–H groups in total. The SMILES string of the molecule is CCOC(=O)C1CCN(c2c(F)cc(C(N)=O)cc2F)CC1. The minimum Gasteiger partial charge on any atom is -0.466 e. The summed E-state index contributed by atoms with van der Waals surface area (Å²) >= 11 is 0. The van der Waals surface area contributed by atoms with E-state index in [2.05, 4.69) is 0 Å². The van der Waals surface area contributed by atoms with Crippen molar-refractivity contribution in [3.05, 3.63) is 29.3 Å². The highest BCUT2D eigenvalue weighted by molar-refractivity contribution is 5.93. The zero-order valence-corrected chi connectivity index (χ0v) is 12.3. The molecule has 1 heterocycles. The average molecular weight is 312 g/mol. The van der Waals surface area contributed by atoms with E-state index in [1.807, 2.05) is 0 Å². The number of carbonyl (C=O) groups is 2. The highest BCUT2D eigenvalue weighted by Gasteiger charge is 2.29. The highest BCUT2D eigenvalue weighted by Crippen LogP contribution is 2.29. The lowest BCUT2D eigenvalue weighted by atomic mass is 9.96. The molecule has 0 aliphatic carbocycles. The fraction of sp³-hybridized carbons (Fsp3) is 0.467. The summed E-state index contributed by atoms with van der Waals surface area (Å²) in [6, 6.07) is 1.86. The van der Waals surface area contributed by atoms with Gasteiger partial charge in [-0.15, -0.1) is 0 Å². The van der Waals surface area contributed by atoms with E-state index in [0.29, 0.717) is 32.5 Å². The summed E-state index contributed by atoms with van der Waals surface area (Å²) in [4.78, 5) is 24.2. The van der Waals surface area contributed by atoms with Crippen LogP contribution in [-0.2, 0) is 9.53 Å². The minimum atomic E-state index is -0.884. The first-order valence-corrected chi connectivity index (χ1v) is 7.14. The molecular formula is C15H18F2N2O3. The van der Waals surface area contributed by atoms with Crippen LogP contribution in [0.25, 0.3) is 0 Å². The van der Waals surface area contributed by atoms with E-state index in [-0.39, 0.29) is 23.1 Å². The smallest absolute Gasteiger partial charge is 0.309 e. The van der Waals surface area contributed by atoms with Crippen LogP contribution in [0.2, 0.25) is 0 Å². The lowest BCUT2D eigenvalue weighted by molar-refractivity contribution is -0.148. The number of ether oxygens (including phenoxy) is 1. The number of amides is 1. The number of halogens is 2. The van der Waals surface area contributed by atoms with Gasteiger partial charge in [0.15, 0.2) is 0 Å². The Bertz CT molecular complexity index is 561. The van der Waals surface area contributed by atoms with E-state index in [9.17, 15) is 18.4 Å². The molecule has 0 spiro atoms. The molecular weight excluding hydrogens is 294 g/mol. The number of anilines is 1. The van der Waals surface area contributed by atoms with Gasteiger partial charge in [0.1, 0.15) is 17.3 Å². The van der Waals surface area contributed by atoms with Crippen molar-refractivity contribution in [2.24, 2.45) is 11.7 Å². The summed E-state index contributed by atoms with van der Waals surface area (Å²) in [5.74, 6) is -3.06. The predicted octanol–water partition coefficient (Wildman–Crippen LogP) is 1.84. The van der Waals surface area contributed by atoms with Crippen LogP contribution in [0.1, 0.15) is 30.1 Å². The van der Waals surface area contributed by atoms with Crippen molar-refractivity contribution < 1.29 is 23.1 Å². The molecule has 2 rings (SSSR count). The molecule has 1 aromatic rings. The number of hydrogen-bond acceptors (Lipinski definition) is 4. The first-order chi connectivity index (χ1) is 10.4. The van der Waals surface area contributed by atoms with Crippen LogP contribution in [0.4, 0.5) is 14.5 Å². The first-order valence-electron chi connectivity index (χ1n) is 7.14. The molecule has 1 aromatic carbocycles. The van der Waals surface area contributed by atoms with Gasteiger partial charge in [0.2, 0.25) is 5.91 Å². The van der Waals surface area contributed by atoms with Gasteiger partial charge >= 0.3 is 5.97 Å². The van der Waals surface area contributed by atoms with E-state index in [1.54, 1.807) is 6.92 Å². The standard InChI is InChI=1S/C15H18F2N2O3/c1-2-22-15(21)9-3-5-19(6-4-9)13-11(16)7-10(14(18)20)8-12(13)17/h7-9H,2-6H2,1H3,(H2,18,20). The minimum absolute atomic E-state index is 0.188. The molecule has 1 saturated heterocycles. The second kappa shape index (κ2) is 6.72. The maximum absolute atomic E-state index is 14.1. The molecule has 0 radical (unpaired) electrons. The number of piperidine rings is 1. The van der Waals surface area contributed by atoms with Gasteiger partial charge in [-0.25, -0.2) is 8.78 Å². The van der Waals surface area contributed by atoms with Crippen LogP contribution in [0, 0.1) is 17.6 Å². The number of hydrogen-bond donors (Lipinski definition) is 1. The molecule has 0 bridgehead atoms. The first kappa shape index (κ1) is 16.2. The highest BCUT2D eigenvalue weighted by atomic mass is 19.1. The van der Waals surface area contributed by atoms with Gasteiger partial charge in [0.05, 0.1) is 12.5 Å². The summed E-state index contributed by atoms with van der Waals surface area (Å²) in [5.41, 5.74) is 4.63. The molecule has 7 heteroatoms. The van der Waals surface area contributed by atoms with Gasteiger partial charge < -0.3 is 15.4 Å². The zero-order chi connectivity index (χ0) is 16.3. The molecule has 120 valence electrons. The maximum Gasteiger partial charge on any atom is 0.309 e. The molecule has 0 aromatic heterocycles. The third kappa shape index (κ3) is 3.35. The molecule has 0 atom stereocenters. The third-order valence-corrected chi connectivity index (χ3v) is 3.73. The van der Waals surface area contributed by atoms with Crippen molar-refractivity contribution in [2.75, 3.05) is 24.6 Å². The molecule has 1 aliphatic rings. The number of esters is 1. The number of benzene rings is 1. The fourth-order valence-electron chi connectivity index (χ4n) is 2.61. The van der Waals surface area contributed by atoms with Crippen LogP contribution in [0.3, 0.4) is 0 Å². The van der Waals surface area contributed by atoms with Crippen molar-refractivity contribution >= 4 is 17.6 Å². The molecule has 1 amide bonds. The third-order valence-electron chi connectivity index (χ3n) is 3.73. The van der Waals surface area contributed by atoms with Gasteiger partial charge in [0, 0.05) is 18.7 Å². The Balaban J connectivity index is 2.12. The number of nitrogens with zero attached hydrogens (tertiary/aromatic N) is 1. The van der Waals surface area contributed by atoms with Crippen molar-refractivity contribution in [1.82, 2.24) is 0 Å². The Morgan fingerprint density at radius 3 is 2.27 bits per heavy atom. The van der Waals surface area contributed by atoms with Crippen molar-refractivity contribution in [3.63, 3.8) is 0 Å². The zero-order valence-electron chi connectivity index (χ0n) is 12.3. The summed E-state index contributed by atoms with van der Waals surface area (Å²) < 4.78 is 33.1. The van der Waals surface area contributed by atoms with Gasteiger partial charge in [-0.3, -0.25) is 9.59 Å². The summed E-state index contributed by atoms with van der Waals surface area (Å²) in [5, 5.41) is 0. The van der Waals surface area contributed by atoms with Gasteiger partial charge in [-0.1, -0.05) is 0 Å². The van der Waals surface area contributed by atoms with Crippen molar-refractivity contribution in [1.29, 1.82) is 0 Å². The van der Waals surface area contributed by atoms with Crippen LogP contribution in [-0.4, -0.2) is 31.6 Å². The molecule has 0 saturated carbocycles. The van der Waals surface area contributed by atoms with Crippen LogP contribution < -0.4 is 10.6 Å². The van der Waals surface area contributed by atoms with E-state index < -0.39 is 17.5 Å². The van der Waals surface area contributed by atoms with Crippen molar-refractivity contribution in [3.8, 4) is 0 Å². The second-order valence-electron chi connectivity index (χ2n) is 5.17. The van der Waals surface area contributed by atoms with E-state index in [0.717, 1.165) is 12.1 Å². The number of nitrogens with two attached hydrogens (primary N) is 1. The lowest BCUT2D eigenvalue weighted by Gasteiger charge is -2.33. The van der Waals surface area contributed by atoms with Crippen molar-refractivity contribution in [2.45, 2.75) is 19.8 Å². The number of primary amides is 1. The molecule has 0 unspecified atom stereocenters. The predicted molar refractivity (Wildman–Crippen MR) is 76.4 cm³/mol. The Labute approximate surface area is 127 Å². The normalized spacial score (nSPS) is 15.7. The molecule has 22 heavy (non-hydrogen) atoms. The lowest BCUT2D eigenvalue weighted by Crippen LogP contribution is -2.38. The average Bonchev–Trinajstić information content (AvgIpc) is 2.47. The van der Waals surface area contributed by atoms with E-state index >= 15 is 0 Å². The largest absolute Gasteiger partial charge is 0.466 e. The molecule has 1 fully saturated rings. The maximum atomic E-state index is 14.1. The van der Waals surface area contributed by atoms with Gasteiger partial charge in [0.25, 0.3) is 0 Å². The monoisotopic (exact) mass is 312 g/mol. The second-order valence-corrected chi connectivity index (χ2v) is 5.17. The summed E-state index contributed by atoms with van der Waals surface area (Å²) in [6.45, 7) is 2.73. The quantitative estimate of drug-likeness (QED) is 0.861. The van der Waals surface area contributed by atoms with Crippen LogP contribution in [0.15, 0.2) is 12.1 Å². The number of rotatable bonds is 4. The van der Waals surface area contributed by atoms with E-state index in [4.69, 9.17) is 10.5 Å². The summed E-state index contributed by atoms with van der Waals surface area (Å²) in [7, 11) is 0. The Morgan fingerprint density at radius 1 is 1.27 bits per heavy atom. The molecule has 5 nitrogen and oxygen atoms in total. The molecule has 1 aliphatic heterocycles. The van der Waals surface area contributed by atoms with E-state index in [1.165, 1.54) is 4.90 Å². The summed E-state index contributed by atoms with van der Waals surface area (Å²) in [6.07, 6.45) is 0.935. The van der Waals surface area contributed by atoms with Crippen LogP contribution in [0.5, 0.6) is 0 Å². The van der Waals surface area contributed by atoms with Crippen LogP contribution >= 0.6 is 0 Å².